The molecule has 0 aliphatic heterocycles. The van der Waals surface area contributed by atoms with Gasteiger partial charge in [0.1, 0.15) is 16.3 Å². The van der Waals surface area contributed by atoms with E-state index in [0.717, 1.165) is 39.3 Å². The van der Waals surface area contributed by atoms with Gasteiger partial charge in [0.05, 0.1) is 21.7 Å². The summed E-state index contributed by atoms with van der Waals surface area (Å²) in [5, 5.41) is 7.30. The number of hydrogen-bond donors (Lipinski definition) is 2. The third-order valence-electron chi connectivity index (χ3n) is 8.11. The second-order valence-corrected chi connectivity index (χ2v) is 11.9. The largest absolute Gasteiger partial charge is 0.367 e. The Bertz CT molecular complexity index is 1330. The van der Waals surface area contributed by atoms with Gasteiger partial charge < -0.3 is 10.6 Å². The van der Waals surface area contributed by atoms with Crippen LogP contribution < -0.4 is 10.6 Å². The van der Waals surface area contributed by atoms with Crippen LogP contribution in [0.3, 0.4) is 0 Å². The van der Waals surface area contributed by atoms with Gasteiger partial charge in [-0.15, -0.1) is 11.3 Å². The van der Waals surface area contributed by atoms with Gasteiger partial charge in [-0.1, -0.05) is 0 Å². The van der Waals surface area contributed by atoms with E-state index in [1.54, 1.807) is 11.3 Å². The number of rotatable bonds is 7. The number of alkyl halides is 4. The van der Waals surface area contributed by atoms with E-state index in [0.29, 0.717) is 42.8 Å². The summed E-state index contributed by atoms with van der Waals surface area (Å²) in [4.78, 5) is 18.8. The summed E-state index contributed by atoms with van der Waals surface area (Å²) in [7, 11) is 0. The highest BCUT2D eigenvalue weighted by Crippen LogP contribution is 2.64. The number of aromatic nitrogens is 4. The van der Waals surface area contributed by atoms with Gasteiger partial charge in [-0.3, -0.25) is 4.98 Å². The maximum Gasteiger partial charge on any atom is 0.254 e. The summed E-state index contributed by atoms with van der Waals surface area (Å²) in [6.07, 6.45) is 4.59. The SMILES string of the molecule is Cc1nc(NCC2CC(F)(F)C2)nc(NC2CC3C(C2)C3(F)F)c1-c1nc2c(C3CC3)nccc2s1. The molecule has 36 heavy (non-hydrogen) atoms. The lowest BCUT2D eigenvalue weighted by Gasteiger charge is -2.34. The zero-order valence-electron chi connectivity index (χ0n) is 19.7. The lowest BCUT2D eigenvalue weighted by atomic mass is 9.81. The second-order valence-electron chi connectivity index (χ2n) is 10.9. The predicted molar refractivity (Wildman–Crippen MR) is 130 cm³/mol. The molecule has 3 aromatic heterocycles. The first-order chi connectivity index (χ1) is 17.2. The van der Waals surface area contributed by atoms with E-state index < -0.39 is 23.7 Å². The van der Waals surface area contributed by atoms with Gasteiger partial charge in [0.2, 0.25) is 11.9 Å². The summed E-state index contributed by atoms with van der Waals surface area (Å²) in [5.74, 6) is -5.01. The quantitative estimate of drug-likeness (QED) is 0.360. The van der Waals surface area contributed by atoms with Crippen LogP contribution in [0.5, 0.6) is 0 Å². The van der Waals surface area contributed by atoms with Gasteiger partial charge in [-0.2, -0.15) is 4.98 Å². The average molecular weight is 519 g/mol. The van der Waals surface area contributed by atoms with Crippen LogP contribution >= 0.6 is 11.3 Å². The van der Waals surface area contributed by atoms with E-state index in [2.05, 4.69) is 20.6 Å². The van der Waals surface area contributed by atoms with Gasteiger partial charge in [-0.05, 0) is 44.6 Å². The molecule has 4 aliphatic carbocycles. The van der Waals surface area contributed by atoms with Crippen molar-refractivity contribution in [2.75, 3.05) is 17.2 Å². The molecular weight excluding hydrogens is 492 g/mol. The van der Waals surface area contributed by atoms with Crippen LogP contribution in [0.4, 0.5) is 29.3 Å². The minimum Gasteiger partial charge on any atom is -0.367 e. The molecule has 2 unspecified atom stereocenters. The highest BCUT2D eigenvalue weighted by atomic mass is 32.1. The smallest absolute Gasteiger partial charge is 0.254 e. The van der Waals surface area contributed by atoms with Crippen LogP contribution in [0.25, 0.3) is 20.8 Å². The Morgan fingerprint density at radius 1 is 1.06 bits per heavy atom. The average Bonchev–Trinajstić information content (AvgIpc) is 3.57. The Balaban J connectivity index is 1.21. The van der Waals surface area contributed by atoms with E-state index in [1.165, 1.54) is 0 Å². The Hall–Kier alpha value is -2.56. The first-order valence-electron chi connectivity index (χ1n) is 12.6. The molecule has 4 aliphatic rings. The number of pyridine rings is 1. The van der Waals surface area contributed by atoms with Crippen LogP contribution in [0.2, 0.25) is 0 Å². The molecule has 0 aromatic carbocycles. The summed E-state index contributed by atoms with van der Waals surface area (Å²) in [5.41, 5.74) is 3.38. The van der Waals surface area contributed by atoms with Crippen molar-refractivity contribution >= 4 is 33.3 Å². The van der Waals surface area contributed by atoms with Crippen molar-refractivity contribution < 1.29 is 17.6 Å². The highest BCUT2D eigenvalue weighted by molar-refractivity contribution is 7.21. The molecule has 0 radical (unpaired) electrons. The van der Waals surface area contributed by atoms with Gasteiger partial charge in [0.15, 0.2) is 0 Å². The minimum atomic E-state index is -2.58. The van der Waals surface area contributed by atoms with Crippen LogP contribution in [0, 0.1) is 24.7 Å². The summed E-state index contributed by atoms with van der Waals surface area (Å²) in [6.45, 7) is 2.24. The molecule has 3 heterocycles. The van der Waals surface area contributed by atoms with Crippen molar-refractivity contribution in [3.05, 3.63) is 23.7 Å². The molecule has 3 aromatic rings. The Morgan fingerprint density at radius 2 is 1.81 bits per heavy atom. The zero-order chi connectivity index (χ0) is 24.8. The van der Waals surface area contributed by atoms with Crippen LogP contribution in [0.15, 0.2) is 12.3 Å². The third kappa shape index (κ3) is 3.81. The summed E-state index contributed by atoms with van der Waals surface area (Å²) < 4.78 is 55.1. The molecule has 2 N–H and O–H groups in total. The van der Waals surface area contributed by atoms with E-state index in [-0.39, 0.29) is 24.8 Å². The monoisotopic (exact) mass is 518 g/mol. The number of nitrogens with zero attached hydrogens (tertiary/aromatic N) is 4. The van der Waals surface area contributed by atoms with Gasteiger partial charge in [0, 0.05) is 49.4 Å². The number of hydrogen-bond acceptors (Lipinski definition) is 7. The number of fused-ring (bicyclic) bond motifs is 2. The molecule has 0 bridgehead atoms. The minimum absolute atomic E-state index is 0.107. The first kappa shape index (κ1) is 22.6. The van der Waals surface area contributed by atoms with Crippen LogP contribution in [-0.2, 0) is 0 Å². The number of aryl methyl sites for hydroxylation is 1. The molecule has 190 valence electrons. The Kier molecular flexibility index (Phi) is 4.85. The maximum absolute atomic E-state index is 13.8. The summed E-state index contributed by atoms with van der Waals surface area (Å²) >= 11 is 1.55. The van der Waals surface area contributed by atoms with Crippen molar-refractivity contribution in [2.24, 2.45) is 17.8 Å². The predicted octanol–water partition coefficient (Wildman–Crippen LogP) is 6.25. The topological polar surface area (TPSA) is 75.6 Å². The lowest BCUT2D eigenvalue weighted by molar-refractivity contribution is -0.106. The molecule has 0 saturated heterocycles. The molecule has 0 amide bonds. The number of anilines is 2. The lowest BCUT2D eigenvalue weighted by Crippen LogP contribution is -2.39. The summed E-state index contributed by atoms with van der Waals surface area (Å²) in [6, 6.07) is 1.85. The van der Waals surface area contributed by atoms with Crippen molar-refractivity contribution in [3.8, 4) is 10.6 Å². The van der Waals surface area contributed by atoms with Crippen LogP contribution in [-0.4, -0.2) is 44.4 Å². The molecule has 7 rings (SSSR count). The van der Waals surface area contributed by atoms with Crippen molar-refractivity contribution in [2.45, 2.75) is 69.3 Å². The fraction of sp³-hybridized carbons (Fsp3) is 0.600. The van der Waals surface area contributed by atoms with Crippen LogP contribution in [0.1, 0.15) is 55.8 Å². The number of nitrogens with one attached hydrogen (secondary N) is 2. The molecule has 6 nitrogen and oxygen atoms in total. The highest BCUT2D eigenvalue weighted by Gasteiger charge is 2.71. The van der Waals surface area contributed by atoms with E-state index in [1.807, 2.05) is 19.2 Å². The number of halogens is 4. The fourth-order valence-corrected chi connectivity index (χ4v) is 7.01. The van der Waals surface area contributed by atoms with Gasteiger partial charge in [-0.25, -0.2) is 27.5 Å². The van der Waals surface area contributed by atoms with Crippen molar-refractivity contribution in [3.63, 3.8) is 0 Å². The van der Waals surface area contributed by atoms with E-state index in [9.17, 15) is 17.6 Å². The molecule has 11 heteroatoms. The van der Waals surface area contributed by atoms with Gasteiger partial charge in [0.25, 0.3) is 5.92 Å². The number of thiazole rings is 1. The second kappa shape index (κ2) is 7.72. The molecule has 4 saturated carbocycles. The Labute approximate surface area is 209 Å². The maximum atomic E-state index is 13.8. The van der Waals surface area contributed by atoms with Crippen molar-refractivity contribution in [1.29, 1.82) is 0 Å². The normalized spacial score (nSPS) is 28.1. The fourth-order valence-electron chi connectivity index (χ4n) is 5.94. The Morgan fingerprint density at radius 3 is 2.50 bits per heavy atom. The van der Waals surface area contributed by atoms with E-state index >= 15 is 0 Å². The zero-order valence-corrected chi connectivity index (χ0v) is 20.5. The molecule has 0 spiro atoms. The van der Waals surface area contributed by atoms with E-state index in [4.69, 9.17) is 9.97 Å². The molecule has 4 fully saturated rings. The molecule has 2 atom stereocenters. The standard InChI is InChI=1S/C25H26F4N6S/c1-11-18(22-34-20-17(36-22)4-5-30-19(20)13-2-3-13)21(33-14-6-15-16(7-14)25(15,28)29)35-23(32-11)31-10-12-8-24(26,27)9-12/h4-5,12-16H,2-3,6-10H2,1H3,(H2,31,32,33,35). The molecular formula is C25H26F4N6S. The first-order valence-corrected chi connectivity index (χ1v) is 13.4. The van der Waals surface area contributed by atoms with Gasteiger partial charge >= 0.3 is 0 Å². The van der Waals surface area contributed by atoms with Crippen molar-refractivity contribution in [1.82, 2.24) is 19.9 Å². The third-order valence-corrected chi connectivity index (χ3v) is 9.15.